The van der Waals surface area contributed by atoms with Crippen LogP contribution >= 0.6 is 0 Å². The molecule has 1 N–H and O–H groups in total. The van der Waals surface area contributed by atoms with Crippen molar-refractivity contribution in [3.8, 4) is 5.75 Å². The van der Waals surface area contributed by atoms with Gasteiger partial charge in [-0.2, -0.15) is 0 Å². The van der Waals surface area contributed by atoms with Crippen LogP contribution in [-0.4, -0.2) is 70.4 Å². The fourth-order valence-corrected chi connectivity index (χ4v) is 4.15. The average Bonchev–Trinajstić information content (AvgIpc) is 2.93. The summed E-state index contributed by atoms with van der Waals surface area (Å²) in [5.74, 6) is -1.76. The molecule has 2 aliphatic heterocycles. The normalized spacial score (nSPS) is 24.7. The number of benzene rings is 1. The molecule has 2 heterocycles. The van der Waals surface area contributed by atoms with Gasteiger partial charge in [0.25, 0.3) is 11.8 Å². The summed E-state index contributed by atoms with van der Waals surface area (Å²) < 4.78 is 11.3. The zero-order valence-electron chi connectivity index (χ0n) is 19.0. The van der Waals surface area contributed by atoms with Gasteiger partial charge in [0.15, 0.2) is 0 Å². The lowest BCUT2D eigenvalue weighted by atomic mass is 9.88. The van der Waals surface area contributed by atoms with Crippen molar-refractivity contribution in [1.82, 2.24) is 15.1 Å². The number of carbonyl (C=O) groups excluding carboxylic acids is 5. The van der Waals surface area contributed by atoms with Crippen LogP contribution in [-0.2, 0) is 14.3 Å². The topological polar surface area (TPSA) is 122 Å². The van der Waals surface area contributed by atoms with Crippen molar-refractivity contribution in [3.63, 3.8) is 0 Å². The number of nitrogens with zero attached hydrogens (tertiary/aromatic N) is 2. The molecule has 0 bridgehead atoms. The largest absolute Gasteiger partial charge is 0.490 e. The molecular weight excluding hydrogens is 430 g/mol. The lowest BCUT2D eigenvalue weighted by Crippen LogP contribution is -2.54. The van der Waals surface area contributed by atoms with Crippen LogP contribution in [0.15, 0.2) is 18.2 Å². The summed E-state index contributed by atoms with van der Waals surface area (Å²) in [5, 5.41) is 2.17. The van der Waals surface area contributed by atoms with Crippen LogP contribution in [0.25, 0.3) is 0 Å². The van der Waals surface area contributed by atoms with Crippen molar-refractivity contribution in [1.29, 1.82) is 0 Å². The highest BCUT2D eigenvalue weighted by Crippen LogP contribution is 2.34. The number of rotatable bonds is 4. The molecule has 1 saturated heterocycles. The number of hydrogen-bond acceptors (Lipinski definition) is 7. The van der Waals surface area contributed by atoms with Crippen LogP contribution in [0.5, 0.6) is 5.75 Å². The standard InChI is InChI=1S/C23H27N3O7/c1-23(2,3)33-22(31)25(4)12-9-14(10-12)32-13-5-6-15-16(11-13)21(30)26(20(15)29)17-7-8-18(27)24-19(17)28/h5-6,11-12,14,17H,7-10H2,1-4H3,(H,24,27,28). The first-order valence-corrected chi connectivity index (χ1v) is 10.9. The number of carbonyl (C=O) groups is 5. The Morgan fingerprint density at radius 3 is 2.39 bits per heavy atom. The van der Waals surface area contributed by atoms with Crippen molar-refractivity contribution in [2.24, 2.45) is 0 Å². The molecule has 10 nitrogen and oxygen atoms in total. The zero-order valence-corrected chi connectivity index (χ0v) is 19.0. The highest BCUT2D eigenvalue weighted by Gasteiger charge is 2.45. The van der Waals surface area contributed by atoms with Crippen LogP contribution in [0.3, 0.4) is 0 Å². The summed E-state index contributed by atoms with van der Waals surface area (Å²) in [7, 11) is 1.69. The first kappa shape index (κ1) is 22.8. The summed E-state index contributed by atoms with van der Waals surface area (Å²) in [6.07, 6.45) is 0.870. The van der Waals surface area contributed by atoms with Gasteiger partial charge in [0.05, 0.1) is 11.1 Å². The molecule has 1 saturated carbocycles. The number of imide groups is 2. The number of ether oxygens (including phenoxy) is 2. The van der Waals surface area contributed by atoms with Crippen LogP contribution in [0, 0.1) is 0 Å². The zero-order chi connectivity index (χ0) is 24.1. The summed E-state index contributed by atoms with van der Waals surface area (Å²) in [6, 6.07) is 3.62. The highest BCUT2D eigenvalue weighted by atomic mass is 16.6. The molecule has 4 rings (SSSR count). The molecule has 1 aromatic carbocycles. The molecule has 176 valence electrons. The Morgan fingerprint density at radius 1 is 1.09 bits per heavy atom. The predicted octanol–water partition coefficient (Wildman–Crippen LogP) is 1.86. The number of fused-ring (bicyclic) bond motifs is 1. The second kappa shape index (κ2) is 8.17. The van der Waals surface area contributed by atoms with Crippen molar-refractivity contribution in [2.75, 3.05) is 7.05 Å². The van der Waals surface area contributed by atoms with Crippen molar-refractivity contribution in [2.45, 2.75) is 70.2 Å². The minimum Gasteiger partial charge on any atom is -0.490 e. The minimum atomic E-state index is -1.00. The van der Waals surface area contributed by atoms with Gasteiger partial charge in [-0.15, -0.1) is 0 Å². The van der Waals surface area contributed by atoms with E-state index in [1.54, 1.807) is 18.0 Å². The summed E-state index contributed by atoms with van der Waals surface area (Å²) in [6.45, 7) is 5.44. The molecule has 33 heavy (non-hydrogen) atoms. The van der Waals surface area contributed by atoms with Gasteiger partial charge in [-0.25, -0.2) is 4.79 Å². The van der Waals surface area contributed by atoms with E-state index in [-0.39, 0.29) is 42.2 Å². The van der Waals surface area contributed by atoms with E-state index in [0.717, 1.165) is 4.90 Å². The van der Waals surface area contributed by atoms with Crippen molar-refractivity contribution < 1.29 is 33.4 Å². The van der Waals surface area contributed by atoms with E-state index in [1.807, 2.05) is 20.8 Å². The van der Waals surface area contributed by atoms with Gasteiger partial charge < -0.3 is 14.4 Å². The van der Waals surface area contributed by atoms with Gasteiger partial charge in [-0.3, -0.25) is 29.4 Å². The lowest BCUT2D eigenvalue weighted by Gasteiger charge is -2.41. The molecule has 3 aliphatic rings. The second-order valence-electron chi connectivity index (χ2n) is 9.61. The van der Waals surface area contributed by atoms with E-state index in [4.69, 9.17) is 9.47 Å². The monoisotopic (exact) mass is 457 g/mol. The van der Waals surface area contributed by atoms with Gasteiger partial charge >= 0.3 is 6.09 Å². The maximum atomic E-state index is 12.9. The maximum Gasteiger partial charge on any atom is 0.410 e. The molecule has 0 spiro atoms. The van der Waals surface area contributed by atoms with Crippen molar-refractivity contribution in [3.05, 3.63) is 29.3 Å². The fraction of sp³-hybridized carbons (Fsp3) is 0.522. The Balaban J connectivity index is 1.38. The quantitative estimate of drug-likeness (QED) is 0.685. The molecule has 1 aliphatic carbocycles. The molecule has 0 radical (unpaired) electrons. The van der Waals surface area contributed by atoms with Crippen LogP contribution in [0.1, 0.15) is 67.2 Å². The Hall–Kier alpha value is -3.43. The van der Waals surface area contributed by atoms with Crippen LogP contribution in [0.4, 0.5) is 4.79 Å². The molecule has 1 atom stereocenters. The van der Waals surface area contributed by atoms with E-state index in [1.165, 1.54) is 12.1 Å². The van der Waals surface area contributed by atoms with Crippen LogP contribution in [0.2, 0.25) is 0 Å². The predicted molar refractivity (Wildman–Crippen MR) is 115 cm³/mol. The molecule has 5 amide bonds. The number of hydrogen-bond donors (Lipinski definition) is 1. The van der Waals surface area contributed by atoms with Crippen LogP contribution < -0.4 is 10.1 Å². The molecule has 10 heteroatoms. The molecular formula is C23H27N3O7. The molecule has 1 unspecified atom stereocenters. The second-order valence-corrected chi connectivity index (χ2v) is 9.61. The summed E-state index contributed by atoms with van der Waals surface area (Å²) in [4.78, 5) is 63.9. The third kappa shape index (κ3) is 4.42. The molecule has 1 aromatic rings. The number of amides is 5. The van der Waals surface area contributed by atoms with Gasteiger partial charge in [-0.05, 0) is 45.4 Å². The Bertz CT molecular complexity index is 1040. The minimum absolute atomic E-state index is 0.00879. The fourth-order valence-electron chi connectivity index (χ4n) is 4.15. The Labute approximate surface area is 191 Å². The van der Waals surface area contributed by atoms with E-state index in [9.17, 15) is 24.0 Å². The van der Waals surface area contributed by atoms with E-state index in [2.05, 4.69) is 5.32 Å². The highest BCUT2D eigenvalue weighted by molar-refractivity contribution is 6.23. The maximum absolute atomic E-state index is 12.9. The van der Waals surface area contributed by atoms with Crippen molar-refractivity contribution >= 4 is 29.7 Å². The third-order valence-corrected chi connectivity index (χ3v) is 6.01. The van der Waals surface area contributed by atoms with Gasteiger partial charge in [0, 0.05) is 32.4 Å². The SMILES string of the molecule is CN(C(=O)OC(C)(C)C)C1CC(Oc2ccc3c(c2)C(=O)N(C2CCC(=O)NC2=O)C3=O)C1. The molecule has 0 aromatic heterocycles. The van der Waals surface area contributed by atoms with Gasteiger partial charge in [0.2, 0.25) is 11.8 Å². The number of nitrogens with one attached hydrogen (secondary N) is 1. The first-order chi connectivity index (χ1) is 15.4. The Morgan fingerprint density at radius 2 is 1.76 bits per heavy atom. The first-order valence-electron chi connectivity index (χ1n) is 10.9. The third-order valence-electron chi connectivity index (χ3n) is 6.01. The molecule has 2 fully saturated rings. The van der Waals surface area contributed by atoms with Gasteiger partial charge in [-0.1, -0.05) is 0 Å². The van der Waals surface area contributed by atoms with Gasteiger partial charge in [0.1, 0.15) is 23.5 Å². The average molecular weight is 457 g/mol. The smallest absolute Gasteiger partial charge is 0.410 e. The Kier molecular flexibility index (Phi) is 5.63. The summed E-state index contributed by atoms with van der Waals surface area (Å²) >= 11 is 0. The number of piperidine rings is 1. The van der Waals surface area contributed by atoms with E-state index >= 15 is 0 Å². The van der Waals surface area contributed by atoms with E-state index in [0.29, 0.717) is 18.6 Å². The summed E-state index contributed by atoms with van der Waals surface area (Å²) in [5.41, 5.74) is -0.196. The van der Waals surface area contributed by atoms with E-state index < -0.39 is 35.3 Å². The lowest BCUT2D eigenvalue weighted by molar-refractivity contribution is -0.136.